The zero-order valence-corrected chi connectivity index (χ0v) is 12.3. The molecule has 0 saturated carbocycles. The molecule has 1 aromatic heterocycles. The first-order chi connectivity index (χ1) is 9.46. The number of nitrogens with one attached hydrogen (secondary N) is 1. The first-order valence-corrected chi connectivity index (χ1v) is 8.19. The van der Waals surface area contributed by atoms with Crippen LogP contribution in [0.1, 0.15) is 32.6 Å². The summed E-state index contributed by atoms with van der Waals surface area (Å²) in [4.78, 5) is 25.2. The first-order valence-electron chi connectivity index (χ1n) is 6.62. The van der Waals surface area contributed by atoms with E-state index in [1.54, 1.807) is 0 Å². The maximum atomic E-state index is 11.4. The Morgan fingerprint density at radius 1 is 1.20 bits per heavy atom. The lowest BCUT2D eigenvalue weighted by Crippen LogP contribution is -2.33. The van der Waals surface area contributed by atoms with Gasteiger partial charge in [0.25, 0.3) is 15.7 Å². The number of unbranched alkanes of at least 4 members (excludes halogenated alkanes) is 3. The van der Waals surface area contributed by atoms with Crippen LogP contribution in [0.5, 0.6) is 0 Å². The van der Waals surface area contributed by atoms with Gasteiger partial charge >= 0.3 is 5.69 Å². The summed E-state index contributed by atoms with van der Waals surface area (Å²) < 4.78 is 28.0. The lowest BCUT2D eigenvalue weighted by atomic mass is 10.2. The molecular formula is C12H20N2O5S. The molecule has 0 aliphatic rings. The van der Waals surface area contributed by atoms with E-state index in [9.17, 15) is 18.0 Å². The molecule has 0 bridgehead atoms. The summed E-state index contributed by atoms with van der Waals surface area (Å²) in [6.07, 6.45) is 4.24. The van der Waals surface area contributed by atoms with Crippen molar-refractivity contribution < 1.29 is 12.6 Å². The van der Waals surface area contributed by atoms with Gasteiger partial charge in [-0.05, 0) is 19.8 Å². The third kappa shape index (κ3) is 5.70. The van der Waals surface area contributed by atoms with Gasteiger partial charge in [-0.3, -0.25) is 13.5 Å². The van der Waals surface area contributed by atoms with Crippen molar-refractivity contribution in [3.05, 3.63) is 33.1 Å². The van der Waals surface area contributed by atoms with Gasteiger partial charge in [0, 0.05) is 18.8 Å². The van der Waals surface area contributed by atoms with Gasteiger partial charge in [-0.2, -0.15) is 8.42 Å². The standard InChI is InChI=1S/C12H20N2O5S/c1-2-20(17,18)19-10-6-4-3-5-9-14-11(15)7-8-13-12(14)16/h7-8H,2-6,9-10H2,1H3,(H,13,16). The van der Waals surface area contributed by atoms with Crippen LogP contribution in [0.3, 0.4) is 0 Å². The normalized spacial score (nSPS) is 11.7. The van der Waals surface area contributed by atoms with Crippen molar-refractivity contribution in [3.63, 3.8) is 0 Å². The van der Waals surface area contributed by atoms with Crippen LogP contribution >= 0.6 is 0 Å². The van der Waals surface area contributed by atoms with Crippen LogP contribution < -0.4 is 11.2 Å². The zero-order chi connectivity index (χ0) is 15.0. The Bertz CT molecular complexity index is 589. The number of H-pyrrole nitrogens is 1. The molecule has 1 heterocycles. The number of hydrogen-bond acceptors (Lipinski definition) is 5. The first kappa shape index (κ1) is 16.6. The Hall–Kier alpha value is -1.41. The van der Waals surface area contributed by atoms with Crippen molar-refractivity contribution in [3.8, 4) is 0 Å². The van der Waals surface area contributed by atoms with Crippen LogP contribution in [0.2, 0.25) is 0 Å². The molecule has 0 amide bonds. The van der Waals surface area contributed by atoms with Crippen LogP contribution in [0.25, 0.3) is 0 Å². The minimum atomic E-state index is -3.36. The summed E-state index contributed by atoms with van der Waals surface area (Å²) in [6, 6.07) is 1.31. The highest BCUT2D eigenvalue weighted by atomic mass is 32.2. The Labute approximate surface area is 117 Å². The fraction of sp³-hybridized carbons (Fsp3) is 0.667. The molecular weight excluding hydrogens is 284 g/mol. The second-order valence-corrected chi connectivity index (χ2v) is 6.28. The van der Waals surface area contributed by atoms with E-state index in [1.807, 2.05) is 0 Å². The van der Waals surface area contributed by atoms with Crippen LogP contribution in [0.15, 0.2) is 21.9 Å². The van der Waals surface area contributed by atoms with Gasteiger partial charge in [0.05, 0.1) is 12.4 Å². The smallest absolute Gasteiger partial charge is 0.314 e. The fourth-order valence-electron chi connectivity index (χ4n) is 1.66. The third-order valence-electron chi connectivity index (χ3n) is 2.84. The average Bonchev–Trinajstić information content (AvgIpc) is 2.40. The molecule has 0 aliphatic heterocycles. The van der Waals surface area contributed by atoms with E-state index in [4.69, 9.17) is 4.18 Å². The fourth-order valence-corrected chi connectivity index (χ4v) is 2.20. The number of rotatable bonds is 9. The largest absolute Gasteiger partial charge is 0.328 e. The third-order valence-corrected chi connectivity index (χ3v) is 4.07. The van der Waals surface area contributed by atoms with Crippen LogP contribution in [-0.4, -0.2) is 30.3 Å². The summed E-state index contributed by atoms with van der Waals surface area (Å²) in [5, 5.41) is 0. The molecule has 1 rings (SSSR count). The molecule has 8 heteroatoms. The predicted octanol–water partition coefficient (Wildman–Crippen LogP) is 0.463. The Balaban J connectivity index is 2.20. The van der Waals surface area contributed by atoms with E-state index in [-0.39, 0.29) is 17.9 Å². The Kier molecular flexibility index (Phi) is 6.66. The molecule has 1 N–H and O–H groups in total. The van der Waals surface area contributed by atoms with E-state index in [0.29, 0.717) is 19.4 Å². The van der Waals surface area contributed by atoms with Crippen LogP contribution in [0, 0.1) is 0 Å². The van der Waals surface area contributed by atoms with Crippen LogP contribution in [-0.2, 0) is 20.8 Å². The molecule has 0 unspecified atom stereocenters. The zero-order valence-electron chi connectivity index (χ0n) is 11.5. The van der Waals surface area contributed by atoms with Gasteiger partial charge in [0.2, 0.25) is 0 Å². The molecule has 0 fully saturated rings. The van der Waals surface area contributed by atoms with Crippen molar-refractivity contribution in [2.24, 2.45) is 0 Å². The predicted molar refractivity (Wildman–Crippen MR) is 75.2 cm³/mol. The number of aromatic amines is 1. The van der Waals surface area contributed by atoms with Crippen molar-refractivity contribution in [1.29, 1.82) is 0 Å². The van der Waals surface area contributed by atoms with E-state index in [2.05, 4.69) is 4.98 Å². The van der Waals surface area contributed by atoms with Gasteiger partial charge in [0.15, 0.2) is 0 Å². The topological polar surface area (TPSA) is 98.2 Å². The molecule has 0 aliphatic carbocycles. The second-order valence-electron chi connectivity index (χ2n) is 4.36. The van der Waals surface area contributed by atoms with E-state index < -0.39 is 15.8 Å². The summed E-state index contributed by atoms with van der Waals surface area (Å²) in [7, 11) is -3.36. The van der Waals surface area contributed by atoms with Crippen molar-refractivity contribution in [1.82, 2.24) is 9.55 Å². The molecule has 0 spiro atoms. The summed E-state index contributed by atoms with van der Waals surface area (Å²) in [5.41, 5.74) is -0.721. The van der Waals surface area contributed by atoms with E-state index in [0.717, 1.165) is 17.4 Å². The minimum Gasteiger partial charge on any atom is -0.314 e. The maximum absolute atomic E-state index is 11.4. The summed E-state index contributed by atoms with van der Waals surface area (Å²) >= 11 is 0. The molecule has 1 aromatic rings. The lowest BCUT2D eigenvalue weighted by molar-refractivity contribution is 0.306. The number of nitrogens with zero attached hydrogens (tertiary/aromatic N) is 1. The van der Waals surface area contributed by atoms with Gasteiger partial charge in [-0.1, -0.05) is 12.8 Å². The summed E-state index contributed by atoms with van der Waals surface area (Å²) in [5.74, 6) is -0.0211. The highest BCUT2D eigenvalue weighted by Crippen LogP contribution is 2.03. The monoisotopic (exact) mass is 304 g/mol. The number of aromatic nitrogens is 2. The van der Waals surface area contributed by atoms with Crippen molar-refractivity contribution in [2.45, 2.75) is 39.2 Å². The van der Waals surface area contributed by atoms with Gasteiger partial charge in [-0.25, -0.2) is 4.79 Å². The van der Waals surface area contributed by atoms with Gasteiger partial charge in [0.1, 0.15) is 0 Å². The van der Waals surface area contributed by atoms with Crippen LogP contribution in [0.4, 0.5) is 0 Å². The number of hydrogen-bond donors (Lipinski definition) is 1. The molecule has 0 radical (unpaired) electrons. The second kappa shape index (κ2) is 8.01. The highest BCUT2D eigenvalue weighted by Gasteiger charge is 2.06. The van der Waals surface area contributed by atoms with E-state index in [1.165, 1.54) is 19.2 Å². The molecule has 7 nitrogen and oxygen atoms in total. The molecule has 0 saturated heterocycles. The van der Waals surface area contributed by atoms with Crippen molar-refractivity contribution in [2.75, 3.05) is 12.4 Å². The molecule has 114 valence electrons. The van der Waals surface area contributed by atoms with E-state index >= 15 is 0 Å². The molecule has 20 heavy (non-hydrogen) atoms. The summed E-state index contributed by atoms with van der Waals surface area (Å²) in [6.45, 7) is 2.08. The van der Waals surface area contributed by atoms with Gasteiger partial charge in [-0.15, -0.1) is 0 Å². The quantitative estimate of drug-likeness (QED) is 0.528. The lowest BCUT2D eigenvalue weighted by Gasteiger charge is -2.04. The Morgan fingerprint density at radius 2 is 1.90 bits per heavy atom. The van der Waals surface area contributed by atoms with Crippen molar-refractivity contribution >= 4 is 10.1 Å². The minimum absolute atomic E-state index is 0.0211. The molecule has 0 atom stereocenters. The SMILES string of the molecule is CCS(=O)(=O)OCCCCCCn1c(=O)cc[nH]c1=O. The molecule has 0 aromatic carbocycles. The Morgan fingerprint density at radius 3 is 2.55 bits per heavy atom. The maximum Gasteiger partial charge on any atom is 0.328 e. The average molecular weight is 304 g/mol. The van der Waals surface area contributed by atoms with Gasteiger partial charge < -0.3 is 4.98 Å². The highest BCUT2D eigenvalue weighted by molar-refractivity contribution is 7.86.